The number of carbonyl (C=O) groups excluding carboxylic acids is 1. The minimum absolute atomic E-state index is 0.0195. The molecule has 0 aliphatic carbocycles. The van der Waals surface area contributed by atoms with Gasteiger partial charge in [0, 0.05) is 16.9 Å². The summed E-state index contributed by atoms with van der Waals surface area (Å²) in [5.41, 5.74) is 3.77. The van der Waals surface area contributed by atoms with E-state index in [9.17, 15) is 14.7 Å². The van der Waals surface area contributed by atoms with Crippen molar-refractivity contribution in [3.8, 4) is 11.1 Å². The zero-order valence-corrected chi connectivity index (χ0v) is 16.9. The molecule has 144 valence electrons. The molecule has 2 aromatic carbocycles. The molecule has 0 radical (unpaired) electrons. The third-order valence-electron chi connectivity index (χ3n) is 5.09. The van der Waals surface area contributed by atoms with Gasteiger partial charge in [0.2, 0.25) is 5.91 Å². The number of carboxylic acids is 1. The van der Waals surface area contributed by atoms with Crippen molar-refractivity contribution >= 4 is 28.2 Å². The van der Waals surface area contributed by atoms with Crippen molar-refractivity contribution in [3.63, 3.8) is 0 Å². The van der Waals surface area contributed by atoms with Crippen LogP contribution in [0.15, 0.2) is 60.0 Å². The molecule has 1 amide bonds. The van der Waals surface area contributed by atoms with Crippen molar-refractivity contribution < 1.29 is 14.7 Å². The van der Waals surface area contributed by atoms with E-state index in [1.54, 1.807) is 5.38 Å². The first-order valence-corrected chi connectivity index (χ1v) is 10.0. The molecule has 0 spiro atoms. The van der Waals surface area contributed by atoms with Gasteiger partial charge in [-0.2, -0.15) is 0 Å². The van der Waals surface area contributed by atoms with E-state index in [-0.39, 0.29) is 23.3 Å². The lowest BCUT2D eigenvalue weighted by atomic mass is 9.88. The van der Waals surface area contributed by atoms with Gasteiger partial charge in [0.1, 0.15) is 10.6 Å². The van der Waals surface area contributed by atoms with E-state index >= 15 is 0 Å². The average Bonchev–Trinajstić information content (AvgIpc) is 3.11. The van der Waals surface area contributed by atoms with Gasteiger partial charge in [0.15, 0.2) is 0 Å². The maximum absolute atomic E-state index is 12.8. The Morgan fingerprint density at radius 1 is 1.00 bits per heavy atom. The highest BCUT2D eigenvalue weighted by Crippen LogP contribution is 2.36. The minimum atomic E-state index is -1.05. The summed E-state index contributed by atoms with van der Waals surface area (Å²) in [6.45, 7) is 5.85. The average molecular weight is 394 g/mol. The van der Waals surface area contributed by atoms with Crippen molar-refractivity contribution in [1.82, 2.24) is 0 Å². The maximum atomic E-state index is 12.8. The first kappa shape index (κ1) is 19.8. The van der Waals surface area contributed by atoms with Crippen LogP contribution in [0.1, 0.15) is 41.3 Å². The van der Waals surface area contributed by atoms with Gasteiger partial charge in [-0.25, -0.2) is 4.79 Å². The summed E-state index contributed by atoms with van der Waals surface area (Å²) < 4.78 is 0. The van der Waals surface area contributed by atoms with E-state index in [0.717, 1.165) is 16.7 Å². The van der Waals surface area contributed by atoms with Gasteiger partial charge in [0.25, 0.3) is 0 Å². The van der Waals surface area contributed by atoms with Gasteiger partial charge in [-0.15, -0.1) is 11.3 Å². The molecule has 1 aromatic heterocycles. The first-order valence-electron chi connectivity index (χ1n) is 9.16. The second-order valence-corrected chi connectivity index (χ2v) is 7.88. The molecule has 0 aliphatic heterocycles. The number of aryl methyl sites for hydroxylation is 1. The monoisotopic (exact) mass is 393 g/mol. The van der Waals surface area contributed by atoms with Crippen LogP contribution in [0.25, 0.3) is 11.1 Å². The van der Waals surface area contributed by atoms with Crippen LogP contribution in [0.2, 0.25) is 0 Å². The Morgan fingerprint density at radius 3 is 2.25 bits per heavy atom. The summed E-state index contributed by atoms with van der Waals surface area (Å²) in [5.74, 6) is -1.51. The van der Waals surface area contributed by atoms with Gasteiger partial charge < -0.3 is 10.4 Å². The topological polar surface area (TPSA) is 66.4 Å². The van der Waals surface area contributed by atoms with E-state index < -0.39 is 5.97 Å². The summed E-state index contributed by atoms with van der Waals surface area (Å²) in [7, 11) is 0. The first-order chi connectivity index (χ1) is 13.4. The van der Waals surface area contributed by atoms with E-state index in [1.165, 1.54) is 11.3 Å². The molecule has 0 aliphatic rings. The molecule has 5 heteroatoms. The summed E-state index contributed by atoms with van der Waals surface area (Å²) in [5, 5.41) is 14.7. The summed E-state index contributed by atoms with van der Waals surface area (Å²) in [6.07, 6.45) is 0. The van der Waals surface area contributed by atoms with Crippen molar-refractivity contribution in [3.05, 3.63) is 76.7 Å². The quantitative estimate of drug-likeness (QED) is 0.556. The fraction of sp³-hybridized carbons (Fsp3) is 0.217. The lowest BCUT2D eigenvalue weighted by Gasteiger charge is -2.19. The smallest absolute Gasteiger partial charge is 0.339 e. The largest absolute Gasteiger partial charge is 0.478 e. The van der Waals surface area contributed by atoms with Gasteiger partial charge in [-0.1, -0.05) is 74.0 Å². The highest BCUT2D eigenvalue weighted by atomic mass is 32.1. The van der Waals surface area contributed by atoms with Crippen LogP contribution in [0, 0.1) is 12.8 Å². The molecule has 0 saturated heterocycles. The number of carbonyl (C=O) groups is 2. The summed E-state index contributed by atoms with van der Waals surface area (Å²) in [4.78, 5) is 24.7. The minimum Gasteiger partial charge on any atom is -0.478 e. The second-order valence-electron chi connectivity index (χ2n) is 7.00. The SMILES string of the molecule is Cc1ccc(-c2csc(NC(=O)C(C)C(C)c3ccccc3)c2C(=O)O)cc1. The molecular weight excluding hydrogens is 370 g/mol. The van der Waals surface area contributed by atoms with E-state index in [1.807, 2.05) is 75.4 Å². The molecule has 2 N–H and O–H groups in total. The van der Waals surface area contributed by atoms with Crippen LogP contribution in [-0.2, 0) is 4.79 Å². The third-order valence-corrected chi connectivity index (χ3v) is 5.99. The zero-order valence-electron chi connectivity index (χ0n) is 16.1. The Kier molecular flexibility index (Phi) is 5.95. The van der Waals surface area contributed by atoms with Crippen LogP contribution in [0.3, 0.4) is 0 Å². The molecule has 4 nitrogen and oxygen atoms in total. The number of carboxylic acid groups (broad SMARTS) is 1. The van der Waals surface area contributed by atoms with Gasteiger partial charge in [0.05, 0.1) is 0 Å². The van der Waals surface area contributed by atoms with Gasteiger partial charge in [-0.3, -0.25) is 4.79 Å². The molecule has 0 bridgehead atoms. The number of amides is 1. The highest BCUT2D eigenvalue weighted by Gasteiger charge is 2.25. The molecule has 1 heterocycles. The van der Waals surface area contributed by atoms with Gasteiger partial charge >= 0.3 is 5.97 Å². The molecule has 2 atom stereocenters. The summed E-state index contributed by atoms with van der Waals surface area (Å²) in [6, 6.07) is 17.5. The van der Waals surface area contributed by atoms with Crippen LogP contribution in [0.4, 0.5) is 5.00 Å². The Balaban J connectivity index is 1.85. The zero-order chi connectivity index (χ0) is 20.3. The lowest BCUT2D eigenvalue weighted by Crippen LogP contribution is -2.25. The number of hydrogen-bond donors (Lipinski definition) is 2. The van der Waals surface area contributed by atoms with E-state index in [4.69, 9.17) is 0 Å². The van der Waals surface area contributed by atoms with Crippen molar-refractivity contribution in [1.29, 1.82) is 0 Å². The molecule has 3 aromatic rings. The number of hydrogen-bond acceptors (Lipinski definition) is 3. The number of rotatable bonds is 6. The molecule has 0 saturated carbocycles. The van der Waals surface area contributed by atoms with Crippen LogP contribution >= 0.6 is 11.3 Å². The molecule has 0 fully saturated rings. The second kappa shape index (κ2) is 8.40. The fourth-order valence-corrected chi connectivity index (χ4v) is 4.07. The lowest BCUT2D eigenvalue weighted by molar-refractivity contribution is -0.119. The van der Waals surface area contributed by atoms with Crippen LogP contribution < -0.4 is 5.32 Å². The van der Waals surface area contributed by atoms with Crippen LogP contribution in [-0.4, -0.2) is 17.0 Å². The predicted molar refractivity (Wildman–Crippen MR) is 114 cm³/mol. The number of benzene rings is 2. The molecule has 2 unspecified atom stereocenters. The standard InChI is InChI=1S/C23H23NO3S/c1-14-9-11-18(12-10-14)19-13-28-22(20(19)23(26)27)24-21(25)16(3)15(2)17-7-5-4-6-8-17/h4-13,15-16H,1-3H3,(H,24,25)(H,26,27). The van der Waals surface area contributed by atoms with E-state index in [0.29, 0.717) is 10.6 Å². The van der Waals surface area contributed by atoms with Gasteiger partial charge in [-0.05, 0) is 24.0 Å². The molecular formula is C23H23NO3S. The normalized spacial score (nSPS) is 13.0. The highest BCUT2D eigenvalue weighted by molar-refractivity contribution is 7.15. The fourth-order valence-electron chi connectivity index (χ4n) is 3.11. The third kappa shape index (κ3) is 4.15. The maximum Gasteiger partial charge on any atom is 0.339 e. The number of anilines is 1. The number of thiophene rings is 1. The Labute approximate surface area is 168 Å². The van der Waals surface area contributed by atoms with E-state index in [2.05, 4.69) is 5.32 Å². The van der Waals surface area contributed by atoms with Crippen molar-refractivity contribution in [2.24, 2.45) is 5.92 Å². The molecule has 3 rings (SSSR count). The summed E-state index contributed by atoms with van der Waals surface area (Å²) >= 11 is 1.24. The number of aromatic carboxylic acids is 1. The number of nitrogens with one attached hydrogen (secondary N) is 1. The van der Waals surface area contributed by atoms with Crippen LogP contribution in [0.5, 0.6) is 0 Å². The predicted octanol–water partition coefficient (Wildman–Crippen LogP) is 5.80. The molecule has 28 heavy (non-hydrogen) atoms. The Hall–Kier alpha value is -2.92. The van der Waals surface area contributed by atoms with Crippen molar-refractivity contribution in [2.45, 2.75) is 26.7 Å². The van der Waals surface area contributed by atoms with Crippen molar-refractivity contribution in [2.75, 3.05) is 5.32 Å². The Bertz CT molecular complexity index is 977. The Morgan fingerprint density at radius 2 is 1.64 bits per heavy atom.